The van der Waals surface area contributed by atoms with E-state index in [-0.39, 0.29) is 33.1 Å². The normalized spacial score (nSPS) is 13.8. The third-order valence-electron chi connectivity index (χ3n) is 5.48. The third kappa shape index (κ3) is 5.44. The summed E-state index contributed by atoms with van der Waals surface area (Å²) in [5, 5.41) is 3.33. The molecular formula is C26H29Cl2FN6O. The van der Waals surface area contributed by atoms with Crippen molar-refractivity contribution in [3.05, 3.63) is 74.0 Å². The summed E-state index contributed by atoms with van der Waals surface area (Å²) in [4.78, 5) is 25.4. The molecule has 0 saturated carbocycles. The molecule has 1 atom stereocenters. The molecular weight excluding hydrogens is 502 g/mol. The van der Waals surface area contributed by atoms with Crippen LogP contribution in [0.4, 0.5) is 21.8 Å². The van der Waals surface area contributed by atoms with Crippen molar-refractivity contribution in [2.75, 3.05) is 11.1 Å². The number of hydrogen-bond acceptors (Lipinski definition) is 6. The number of nitrogens with two attached hydrogens (primary N) is 1. The lowest BCUT2D eigenvalue weighted by Gasteiger charge is -2.14. The minimum absolute atomic E-state index is 0.00604. The highest BCUT2D eigenvalue weighted by Crippen LogP contribution is 2.32. The fourth-order valence-corrected chi connectivity index (χ4v) is 4.70. The topological polar surface area (TPSA) is 98.7 Å². The molecule has 190 valence electrons. The van der Waals surface area contributed by atoms with Gasteiger partial charge in [-0.2, -0.15) is 9.97 Å². The van der Waals surface area contributed by atoms with Crippen LogP contribution in [0.3, 0.4) is 0 Å². The lowest BCUT2D eigenvalue weighted by Crippen LogP contribution is -2.25. The molecule has 1 unspecified atom stereocenters. The van der Waals surface area contributed by atoms with E-state index >= 15 is 0 Å². The van der Waals surface area contributed by atoms with Gasteiger partial charge in [0.15, 0.2) is 5.65 Å². The van der Waals surface area contributed by atoms with E-state index in [1.165, 1.54) is 17.3 Å². The van der Waals surface area contributed by atoms with Crippen LogP contribution in [0.25, 0.3) is 16.7 Å². The van der Waals surface area contributed by atoms with Crippen LogP contribution in [0.15, 0.2) is 41.3 Å². The molecule has 1 aliphatic rings. The first-order chi connectivity index (χ1) is 17.3. The van der Waals surface area contributed by atoms with Crippen LogP contribution in [0.5, 0.6) is 0 Å². The molecule has 36 heavy (non-hydrogen) atoms. The summed E-state index contributed by atoms with van der Waals surface area (Å²) in [6.07, 6.45) is 3.58. The molecule has 2 aromatic carbocycles. The molecule has 7 nitrogen and oxygen atoms in total. The lowest BCUT2D eigenvalue weighted by atomic mass is 10.1. The molecule has 1 aliphatic carbocycles. The zero-order chi connectivity index (χ0) is 26.6. The predicted octanol–water partition coefficient (Wildman–Crippen LogP) is 6.73. The Morgan fingerprint density at radius 3 is 2.33 bits per heavy atom. The van der Waals surface area contributed by atoms with E-state index in [0.717, 1.165) is 35.2 Å². The molecule has 0 radical (unpaired) electrons. The Hall–Kier alpha value is -3.23. The Morgan fingerprint density at radius 1 is 1.03 bits per heavy atom. The molecule has 10 heteroatoms. The van der Waals surface area contributed by atoms with Crippen molar-refractivity contribution in [1.82, 2.24) is 19.5 Å². The molecule has 2 aromatic heterocycles. The van der Waals surface area contributed by atoms with Crippen LogP contribution in [-0.4, -0.2) is 19.5 Å². The van der Waals surface area contributed by atoms with Gasteiger partial charge in [0.25, 0.3) is 0 Å². The number of aromatic nitrogens is 4. The second kappa shape index (κ2) is 11.7. The highest BCUT2D eigenvalue weighted by molar-refractivity contribution is 6.37. The number of fused-ring (bicyclic) bond motifs is 2. The van der Waals surface area contributed by atoms with Crippen LogP contribution in [-0.2, 0) is 12.8 Å². The van der Waals surface area contributed by atoms with Gasteiger partial charge in [-0.15, -0.1) is 0 Å². The molecule has 3 N–H and O–H groups in total. The predicted molar refractivity (Wildman–Crippen MR) is 146 cm³/mol. The number of rotatable bonds is 3. The largest absolute Gasteiger partial charge is 0.384 e. The summed E-state index contributed by atoms with van der Waals surface area (Å²) in [5.41, 5.74) is 9.14. The second-order valence-corrected chi connectivity index (χ2v) is 8.70. The SMILES string of the molecule is CC.CC.CC1Cc2ccc(Nc3ncc4c(N)n(-c5c(Cl)cc(F)cc5Cl)c(=O)nc4n3)cc2C1. The molecule has 0 saturated heterocycles. The third-order valence-corrected chi connectivity index (χ3v) is 6.06. The molecule has 2 heterocycles. The van der Waals surface area contributed by atoms with E-state index in [9.17, 15) is 9.18 Å². The number of anilines is 3. The van der Waals surface area contributed by atoms with Crippen LogP contribution in [0, 0.1) is 11.7 Å². The molecule has 0 amide bonds. The first-order valence-corrected chi connectivity index (χ1v) is 12.6. The van der Waals surface area contributed by atoms with Gasteiger partial charge in [-0.3, -0.25) is 0 Å². The molecule has 0 aliphatic heterocycles. The minimum atomic E-state index is -0.749. The number of benzene rings is 2. The van der Waals surface area contributed by atoms with Crippen LogP contribution in [0.1, 0.15) is 45.7 Å². The van der Waals surface area contributed by atoms with Gasteiger partial charge in [0.2, 0.25) is 5.95 Å². The van der Waals surface area contributed by atoms with Gasteiger partial charge in [0.05, 0.1) is 21.1 Å². The zero-order valence-corrected chi connectivity index (χ0v) is 22.4. The standard InChI is InChI=1S/C22H17Cl2FN6O.2C2H6/c1-10-4-11-2-3-14(6-12(11)5-10)28-21-27-9-15-19(26)31(22(32)30-20(15)29-21)18-16(23)7-13(25)8-17(18)24;2*1-2/h2-3,6-10H,4-5,26H2,1H3,(H,28,29,30,32);2*1-2H3. The summed E-state index contributed by atoms with van der Waals surface area (Å²) in [7, 11) is 0. The summed E-state index contributed by atoms with van der Waals surface area (Å²) in [6.45, 7) is 10.2. The summed E-state index contributed by atoms with van der Waals surface area (Å²) in [5.74, 6) is 0.276. The van der Waals surface area contributed by atoms with Gasteiger partial charge in [-0.05, 0) is 54.2 Å². The summed E-state index contributed by atoms with van der Waals surface area (Å²) in [6, 6.07) is 8.25. The van der Waals surface area contributed by atoms with Crippen molar-refractivity contribution in [2.45, 2.75) is 47.5 Å². The number of nitrogens with zero attached hydrogens (tertiary/aromatic N) is 4. The zero-order valence-electron chi connectivity index (χ0n) is 20.9. The minimum Gasteiger partial charge on any atom is -0.384 e. The highest BCUT2D eigenvalue weighted by atomic mass is 35.5. The van der Waals surface area contributed by atoms with Crippen LogP contribution < -0.4 is 16.7 Å². The maximum Gasteiger partial charge on any atom is 0.355 e. The van der Waals surface area contributed by atoms with Crippen molar-refractivity contribution >= 4 is 51.7 Å². The smallest absolute Gasteiger partial charge is 0.355 e. The average Bonchev–Trinajstić information content (AvgIpc) is 3.22. The number of nitrogens with one attached hydrogen (secondary N) is 1. The average molecular weight is 531 g/mol. The first-order valence-electron chi connectivity index (χ1n) is 11.9. The second-order valence-electron chi connectivity index (χ2n) is 7.89. The van der Waals surface area contributed by atoms with Crippen molar-refractivity contribution in [3.8, 4) is 5.69 Å². The van der Waals surface area contributed by atoms with Gasteiger partial charge in [0.1, 0.15) is 11.6 Å². The fraction of sp³-hybridized carbons (Fsp3) is 0.308. The first kappa shape index (κ1) is 27.4. The molecule has 0 fully saturated rings. The molecule has 4 aromatic rings. The van der Waals surface area contributed by atoms with Crippen molar-refractivity contribution in [3.63, 3.8) is 0 Å². The van der Waals surface area contributed by atoms with Crippen LogP contribution >= 0.6 is 23.2 Å². The van der Waals surface area contributed by atoms with E-state index in [4.69, 9.17) is 28.9 Å². The lowest BCUT2D eigenvalue weighted by molar-refractivity contribution is 0.627. The molecule has 5 rings (SSSR count). The van der Waals surface area contributed by atoms with Gasteiger partial charge in [-0.1, -0.05) is 63.9 Å². The Morgan fingerprint density at radius 2 is 1.67 bits per heavy atom. The monoisotopic (exact) mass is 530 g/mol. The maximum atomic E-state index is 13.6. The quantitative estimate of drug-likeness (QED) is 0.304. The van der Waals surface area contributed by atoms with Gasteiger partial charge >= 0.3 is 5.69 Å². The fourth-order valence-electron chi connectivity index (χ4n) is 4.07. The van der Waals surface area contributed by atoms with Gasteiger partial charge in [0, 0.05) is 11.9 Å². The van der Waals surface area contributed by atoms with Crippen LogP contribution in [0.2, 0.25) is 10.0 Å². The van der Waals surface area contributed by atoms with Crippen molar-refractivity contribution in [2.24, 2.45) is 5.92 Å². The van der Waals surface area contributed by atoms with Gasteiger partial charge in [-0.25, -0.2) is 18.7 Å². The van der Waals surface area contributed by atoms with Crippen molar-refractivity contribution in [1.29, 1.82) is 0 Å². The molecule has 0 spiro atoms. The number of hydrogen-bond donors (Lipinski definition) is 2. The van der Waals surface area contributed by atoms with Crippen molar-refractivity contribution < 1.29 is 4.39 Å². The van der Waals surface area contributed by atoms with E-state index in [1.54, 1.807) is 0 Å². The van der Waals surface area contributed by atoms with E-state index in [0.29, 0.717) is 11.3 Å². The highest BCUT2D eigenvalue weighted by Gasteiger charge is 2.20. The van der Waals surface area contributed by atoms with E-state index in [2.05, 4.69) is 39.3 Å². The summed E-state index contributed by atoms with van der Waals surface area (Å²) >= 11 is 12.2. The number of halogens is 3. The Balaban J connectivity index is 0.000000861. The Kier molecular flexibility index (Phi) is 8.87. The maximum absolute atomic E-state index is 13.6. The van der Waals surface area contributed by atoms with E-state index < -0.39 is 11.5 Å². The number of nitrogen functional groups attached to an aromatic ring is 1. The summed E-state index contributed by atoms with van der Waals surface area (Å²) < 4.78 is 14.6. The van der Waals surface area contributed by atoms with E-state index in [1.807, 2.05) is 33.8 Å². The van der Waals surface area contributed by atoms with Gasteiger partial charge < -0.3 is 11.1 Å². The molecule has 0 bridgehead atoms. The Bertz CT molecular complexity index is 1430. The Labute approximate surface area is 219 Å².